The van der Waals surface area contributed by atoms with Crippen LogP contribution in [-0.4, -0.2) is 9.55 Å². The van der Waals surface area contributed by atoms with Gasteiger partial charge in [-0.05, 0) is 59.3 Å². The van der Waals surface area contributed by atoms with Crippen LogP contribution in [0.1, 0.15) is 11.4 Å². The number of aromatic nitrogens is 2. The molecule has 2 nitrogen and oxygen atoms in total. The molecule has 21 heavy (non-hydrogen) atoms. The van der Waals surface area contributed by atoms with Crippen molar-refractivity contribution >= 4 is 61.2 Å². The van der Waals surface area contributed by atoms with Crippen molar-refractivity contribution in [2.75, 3.05) is 0 Å². The number of benzene rings is 2. The van der Waals surface area contributed by atoms with E-state index in [9.17, 15) is 4.39 Å². The molecule has 0 unspecified atom stereocenters. The predicted molar refractivity (Wildman–Crippen MR) is 95.7 cm³/mol. The molecule has 0 radical (unpaired) electrons. The number of alkyl halides is 1. The lowest BCUT2D eigenvalue weighted by Gasteiger charge is -2.10. The molecule has 3 aromatic rings. The minimum absolute atomic E-state index is 0.251. The minimum atomic E-state index is -0.251. The number of hydrogen-bond acceptors (Lipinski definition) is 1. The van der Waals surface area contributed by atoms with E-state index >= 15 is 0 Å². The van der Waals surface area contributed by atoms with Gasteiger partial charge in [-0.15, -0.1) is 11.6 Å². The summed E-state index contributed by atoms with van der Waals surface area (Å²) in [5, 5.41) is 0. The highest BCUT2D eigenvalue weighted by atomic mass is 127. The van der Waals surface area contributed by atoms with Crippen molar-refractivity contribution in [3.05, 3.63) is 55.6 Å². The predicted octanol–water partition coefficient (Wildman–Crippen LogP) is 5.58. The summed E-state index contributed by atoms with van der Waals surface area (Å²) in [5.74, 6) is 0.719. The lowest BCUT2D eigenvalue weighted by atomic mass is 10.2. The van der Waals surface area contributed by atoms with Crippen LogP contribution in [0.4, 0.5) is 4.39 Å². The van der Waals surface area contributed by atoms with E-state index in [1.54, 1.807) is 6.07 Å². The molecule has 3 rings (SSSR count). The highest BCUT2D eigenvalue weighted by Gasteiger charge is 2.14. The van der Waals surface area contributed by atoms with Crippen LogP contribution in [-0.2, 0) is 5.88 Å². The van der Waals surface area contributed by atoms with Crippen LogP contribution >= 0.6 is 50.1 Å². The topological polar surface area (TPSA) is 17.8 Å². The van der Waals surface area contributed by atoms with E-state index in [1.807, 2.05) is 52.3 Å². The Kier molecular flexibility index (Phi) is 4.25. The average molecular weight is 480 g/mol. The summed E-state index contributed by atoms with van der Waals surface area (Å²) in [4.78, 5) is 4.51. The van der Waals surface area contributed by atoms with Crippen LogP contribution in [0.2, 0.25) is 0 Å². The summed E-state index contributed by atoms with van der Waals surface area (Å²) in [6, 6.07) is 9.21. The van der Waals surface area contributed by atoms with E-state index in [-0.39, 0.29) is 11.7 Å². The third kappa shape index (κ3) is 2.71. The van der Waals surface area contributed by atoms with Gasteiger partial charge in [-0.2, -0.15) is 0 Å². The maximum absolute atomic E-state index is 13.9. The molecule has 0 atom stereocenters. The fraction of sp³-hybridized carbons (Fsp3) is 0.133. The number of rotatable bonds is 2. The van der Waals surface area contributed by atoms with E-state index in [0.717, 1.165) is 26.8 Å². The zero-order chi connectivity index (χ0) is 15.1. The van der Waals surface area contributed by atoms with Crippen LogP contribution in [0, 0.1) is 16.3 Å². The fourth-order valence-corrected chi connectivity index (χ4v) is 3.14. The molecule has 0 aliphatic heterocycles. The minimum Gasteiger partial charge on any atom is -0.295 e. The molecule has 0 aliphatic carbocycles. The van der Waals surface area contributed by atoms with Crippen LogP contribution in [0.5, 0.6) is 0 Å². The largest absolute Gasteiger partial charge is 0.295 e. The van der Waals surface area contributed by atoms with Gasteiger partial charge in [0.1, 0.15) is 11.6 Å². The molecular weight excluding hydrogens is 469 g/mol. The number of hydrogen-bond donors (Lipinski definition) is 0. The summed E-state index contributed by atoms with van der Waals surface area (Å²) >= 11 is 11.5. The van der Waals surface area contributed by atoms with Crippen molar-refractivity contribution in [2.45, 2.75) is 12.8 Å². The molecule has 0 saturated heterocycles. The van der Waals surface area contributed by atoms with Crippen LogP contribution in [0.3, 0.4) is 0 Å². The summed E-state index contributed by atoms with van der Waals surface area (Å²) in [5.41, 5.74) is 3.50. The number of imidazole rings is 1. The third-order valence-electron chi connectivity index (χ3n) is 3.29. The molecule has 1 heterocycles. The molecule has 6 heteroatoms. The molecule has 108 valence electrons. The fourth-order valence-electron chi connectivity index (χ4n) is 2.27. The highest BCUT2D eigenvalue weighted by Crippen LogP contribution is 2.28. The van der Waals surface area contributed by atoms with Gasteiger partial charge in [-0.3, -0.25) is 4.57 Å². The highest BCUT2D eigenvalue weighted by molar-refractivity contribution is 14.1. The zero-order valence-corrected chi connectivity index (χ0v) is 15.5. The summed E-state index contributed by atoms with van der Waals surface area (Å²) in [7, 11) is 0. The Labute approximate surface area is 148 Å². The van der Waals surface area contributed by atoms with Gasteiger partial charge in [0, 0.05) is 16.2 Å². The van der Waals surface area contributed by atoms with Crippen molar-refractivity contribution in [2.24, 2.45) is 0 Å². The number of nitrogens with zero attached hydrogens (tertiary/aromatic N) is 2. The van der Waals surface area contributed by atoms with Gasteiger partial charge in [-0.25, -0.2) is 9.37 Å². The number of aryl methyl sites for hydroxylation is 1. The summed E-state index contributed by atoms with van der Waals surface area (Å²) in [6.45, 7) is 2.01. The van der Waals surface area contributed by atoms with Gasteiger partial charge in [0.25, 0.3) is 0 Å². The Bertz CT molecular complexity index is 847. The smallest absolute Gasteiger partial charge is 0.138 e. The molecule has 2 aromatic carbocycles. The van der Waals surface area contributed by atoms with E-state index in [2.05, 4.69) is 20.9 Å². The molecule has 0 spiro atoms. The standard InChI is InChI=1S/C15H10BrClFIN2/c1-8-4-9(2-3-10(8)16)21-14-5-11(18)12(19)6-13(14)20-15(21)7-17/h2-6H,7H2,1H3. The van der Waals surface area contributed by atoms with E-state index in [0.29, 0.717) is 9.39 Å². The maximum Gasteiger partial charge on any atom is 0.138 e. The van der Waals surface area contributed by atoms with Gasteiger partial charge in [-0.1, -0.05) is 15.9 Å². The lowest BCUT2D eigenvalue weighted by Crippen LogP contribution is -2.00. The molecule has 0 amide bonds. The van der Waals surface area contributed by atoms with Gasteiger partial charge < -0.3 is 0 Å². The normalized spacial score (nSPS) is 11.3. The van der Waals surface area contributed by atoms with Crippen LogP contribution < -0.4 is 0 Å². The molecule has 0 saturated carbocycles. The van der Waals surface area contributed by atoms with Crippen molar-refractivity contribution in [3.8, 4) is 5.69 Å². The van der Waals surface area contributed by atoms with E-state index < -0.39 is 0 Å². The Balaban J connectivity index is 2.34. The maximum atomic E-state index is 13.9. The first-order valence-corrected chi connectivity index (χ1v) is 8.60. The van der Waals surface area contributed by atoms with Crippen molar-refractivity contribution in [1.29, 1.82) is 0 Å². The Morgan fingerprint density at radius 3 is 2.76 bits per heavy atom. The zero-order valence-electron chi connectivity index (χ0n) is 11.0. The molecular formula is C15H10BrClFIN2. The Morgan fingerprint density at radius 1 is 1.33 bits per heavy atom. The van der Waals surface area contributed by atoms with E-state index in [4.69, 9.17) is 11.6 Å². The van der Waals surface area contributed by atoms with Gasteiger partial charge in [0.05, 0.1) is 20.5 Å². The first-order valence-electron chi connectivity index (χ1n) is 6.20. The number of halogens is 4. The summed E-state index contributed by atoms with van der Waals surface area (Å²) < 4.78 is 17.4. The second-order valence-corrected chi connectivity index (χ2v) is 6.97. The van der Waals surface area contributed by atoms with E-state index in [1.165, 1.54) is 6.07 Å². The Hall–Kier alpha value is -0.660. The SMILES string of the molecule is Cc1cc(-n2c(CCl)nc3cc(I)c(F)cc32)ccc1Br. The quantitative estimate of drug-likeness (QED) is 0.347. The summed E-state index contributed by atoms with van der Waals surface area (Å²) in [6.07, 6.45) is 0. The lowest BCUT2D eigenvalue weighted by molar-refractivity contribution is 0.622. The molecule has 0 fully saturated rings. The second kappa shape index (κ2) is 5.85. The third-order valence-corrected chi connectivity index (χ3v) is 5.24. The van der Waals surface area contributed by atoms with Gasteiger partial charge in [0.2, 0.25) is 0 Å². The first-order chi connectivity index (χ1) is 10.0. The van der Waals surface area contributed by atoms with Crippen molar-refractivity contribution in [1.82, 2.24) is 9.55 Å². The monoisotopic (exact) mass is 478 g/mol. The first kappa shape index (κ1) is 15.2. The van der Waals surface area contributed by atoms with Crippen LogP contribution in [0.25, 0.3) is 16.7 Å². The second-order valence-electron chi connectivity index (χ2n) is 4.69. The van der Waals surface area contributed by atoms with Crippen LogP contribution in [0.15, 0.2) is 34.8 Å². The van der Waals surface area contributed by atoms with Crippen molar-refractivity contribution in [3.63, 3.8) is 0 Å². The Morgan fingerprint density at radius 2 is 2.10 bits per heavy atom. The average Bonchev–Trinajstić information content (AvgIpc) is 2.80. The molecule has 0 N–H and O–H groups in total. The van der Waals surface area contributed by atoms with Crippen molar-refractivity contribution < 1.29 is 4.39 Å². The number of fused-ring (bicyclic) bond motifs is 1. The molecule has 0 aliphatic rings. The van der Waals surface area contributed by atoms with Gasteiger partial charge in [0.15, 0.2) is 0 Å². The van der Waals surface area contributed by atoms with Gasteiger partial charge >= 0.3 is 0 Å². The molecule has 1 aromatic heterocycles. The molecule has 0 bridgehead atoms.